The van der Waals surface area contributed by atoms with Gasteiger partial charge in [-0.15, -0.1) is 0 Å². The molecular weight excluding hydrogens is 260 g/mol. The second-order valence-corrected chi connectivity index (χ2v) is 4.95. The van der Waals surface area contributed by atoms with E-state index >= 15 is 0 Å². The number of rotatable bonds is 4. The zero-order valence-electron chi connectivity index (χ0n) is 11.9. The lowest BCUT2D eigenvalue weighted by atomic mass is 10.1. The molecule has 2 aromatic carbocycles. The largest absolute Gasteiger partial charge is 0.339 e. The maximum Gasteiger partial charge on any atom is 0.231 e. The van der Waals surface area contributed by atoms with Crippen LogP contribution in [-0.4, -0.2) is 10.1 Å². The molecule has 1 heterocycles. The van der Waals surface area contributed by atoms with Crippen molar-refractivity contribution in [2.24, 2.45) is 0 Å². The van der Waals surface area contributed by atoms with Crippen molar-refractivity contribution in [3.63, 3.8) is 0 Å². The highest BCUT2D eigenvalue weighted by atomic mass is 16.5. The van der Waals surface area contributed by atoms with E-state index in [4.69, 9.17) is 4.52 Å². The normalized spacial score (nSPS) is 11.1. The van der Waals surface area contributed by atoms with Gasteiger partial charge in [-0.2, -0.15) is 4.98 Å². The molecule has 3 aromatic rings. The molecule has 0 amide bonds. The molecule has 0 aliphatic carbocycles. The second kappa shape index (κ2) is 6.18. The predicted octanol–water partition coefficient (Wildman–Crippen LogP) is 4.14. The number of hydrogen-bond donors (Lipinski definition) is 0. The van der Waals surface area contributed by atoms with E-state index in [-0.39, 0.29) is 0 Å². The van der Waals surface area contributed by atoms with Gasteiger partial charge in [-0.25, -0.2) is 0 Å². The summed E-state index contributed by atoms with van der Waals surface area (Å²) in [6.45, 7) is 2.07. The van der Waals surface area contributed by atoms with Crippen molar-refractivity contribution >= 4 is 12.2 Å². The molecule has 3 heteroatoms. The SMILES string of the molecule is Cc1ccc(Cc2nc(/C=C/c3ccccc3)no2)cc1. The molecule has 0 atom stereocenters. The van der Waals surface area contributed by atoms with Gasteiger partial charge in [0.15, 0.2) is 5.82 Å². The topological polar surface area (TPSA) is 38.9 Å². The lowest BCUT2D eigenvalue weighted by Crippen LogP contribution is -1.88. The van der Waals surface area contributed by atoms with Crippen LogP contribution < -0.4 is 0 Å². The van der Waals surface area contributed by atoms with E-state index in [9.17, 15) is 0 Å². The summed E-state index contributed by atoms with van der Waals surface area (Å²) in [7, 11) is 0. The maximum atomic E-state index is 5.27. The highest BCUT2D eigenvalue weighted by molar-refractivity contribution is 5.66. The Morgan fingerprint density at radius 2 is 1.71 bits per heavy atom. The molecule has 0 aliphatic rings. The summed E-state index contributed by atoms with van der Waals surface area (Å²) in [5, 5.41) is 3.97. The Labute approximate surface area is 124 Å². The first-order chi connectivity index (χ1) is 10.3. The Morgan fingerprint density at radius 3 is 2.48 bits per heavy atom. The van der Waals surface area contributed by atoms with E-state index in [0.717, 1.165) is 5.56 Å². The lowest BCUT2D eigenvalue weighted by Gasteiger charge is -1.96. The fourth-order valence-corrected chi connectivity index (χ4v) is 2.02. The molecule has 0 aliphatic heterocycles. The van der Waals surface area contributed by atoms with E-state index in [0.29, 0.717) is 18.1 Å². The van der Waals surface area contributed by atoms with Crippen molar-refractivity contribution < 1.29 is 4.52 Å². The van der Waals surface area contributed by atoms with E-state index in [2.05, 4.69) is 41.3 Å². The van der Waals surface area contributed by atoms with Crippen LogP contribution in [0.2, 0.25) is 0 Å². The summed E-state index contributed by atoms with van der Waals surface area (Å²) >= 11 is 0. The fourth-order valence-electron chi connectivity index (χ4n) is 2.02. The minimum atomic E-state index is 0.598. The Hall–Kier alpha value is -2.68. The third-order valence-electron chi connectivity index (χ3n) is 3.18. The first-order valence-corrected chi connectivity index (χ1v) is 6.91. The molecule has 0 N–H and O–H groups in total. The van der Waals surface area contributed by atoms with E-state index < -0.39 is 0 Å². The van der Waals surface area contributed by atoms with Crippen molar-refractivity contribution in [3.8, 4) is 0 Å². The standard InChI is InChI=1S/C18H16N2O/c1-14-7-9-16(10-8-14)13-18-19-17(20-21-18)12-11-15-5-3-2-4-6-15/h2-12H,13H2,1H3/b12-11+. The van der Waals surface area contributed by atoms with Gasteiger partial charge in [0.2, 0.25) is 5.89 Å². The zero-order chi connectivity index (χ0) is 14.5. The van der Waals surface area contributed by atoms with Crippen LogP contribution in [0, 0.1) is 6.92 Å². The van der Waals surface area contributed by atoms with Crippen LogP contribution >= 0.6 is 0 Å². The van der Waals surface area contributed by atoms with Crippen molar-refractivity contribution in [1.82, 2.24) is 10.1 Å². The third kappa shape index (κ3) is 3.66. The third-order valence-corrected chi connectivity index (χ3v) is 3.18. The first kappa shape index (κ1) is 13.3. The monoisotopic (exact) mass is 276 g/mol. The van der Waals surface area contributed by atoms with Crippen molar-refractivity contribution in [3.05, 3.63) is 83.0 Å². The molecule has 0 saturated heterocycles. The molecular formula is C18H16N2O. The van der Waals surface area contributed by atoms with Crippen LogP contribution in [0.4, 0.5) is 0 Å². The average molecular weight is 276 g/mol. The van der Waals surface area contributed by atoms with Gasteiger partial charge >= 0.3 is 0 Å². The van der Waals surface area contributed by atoms with Crippen LogP contribution in [-0.2, 0) is 6.42 Å². The highest BCUT2D eigenvalue weighted by Gasteiger charge is 2.04. The van der Waals surface area contributed by atoms with Gasteiger partial charge in [-0.05, 0) is 24.1 Å². The molecule has 21 heavy (non-hydrogen) atoms. The Kier molecular flexibility index (Phi) is 3.92. The quantitative estimate of drug-likeness (QED) is 0.719. The van der Waals surface area contributed by atoms with Crippen LogP contribution in [0.1, 0.15) is 28.4 Å². The predicted molar refractivity (Wildman–Crippen MR) is 83.7 cm³/mol. The van der Waals surface area contributed by atoms with Gasteiger partial charge in [0, 0.05) is 0 Å². The van der Waals surface area contributed by atoms with Crippen LogP contribution in [0.15, 0.2) is 59.1 Å². The van der Waals surface area contributed by atoms with Crippen LogP contribution in [0.5, 0.6) is 0 Å². The minimum absolute atomic E-state index is 0.598. The molecule has 3 nitrogen and oxygen atoms in total. The van der Waals surface area contributed by atoms with Gasteiger partial charge in [0.1, 0.15) is 0 Å². The van der Waals surface area contributed by atoms with Crippen LogP contribution in [0.25, 0.3) is 12.2 Å². The van der Waals surface area contributed by atoms with Gasteiger partial charge in [-0.1, -0.05) is 71.4 Å². The summed E-state index contributed by atoms with van der Waals surface area (Å²) < 4.78 is 5.27. The molecule has 0 saturated carbocycles. The summed E-state index contributed by atoms with van der Waals surface area (Å²) in [6.07, 6.45) is 4.49. The summed E-state index contributed by atoms with van der Waals surface area (Å²) in [5.74, 6) is 1.23. The van der Waals surface area contributed by atoms with E-state index in [1.165, 1.54) is 11.1 Å². The molecule has 3 rings (SSSR count). The molecule has 0 fully saturated rings. The fraction of sp³-hybridized carbons (Fsp3) is 0.111. The Morgan fingerprint density at radius 1 is 0.952 bits per heavy atom. The van der Waals surface area contributed by atoms with Crippen molar-refractivity contribution in [2.75, 3.05) is 0 Å². The van der Waals surface area contributed by atoms with E-state index in [1.807, 2.05) is 42.5 Å². The second-order valence-electron chi connectivity index (χ2n) is 4.95. The van der Waals surface area contributed by atoms with E-state index in [1.54, 1.807) is 0 Å². The summed E-state index contributed by atoms with van der Waals surface area (Å²) in [5.41, 5.74) is 3.53. The van der Waals surface area contributed by atoms with Crippen molar-refractivity contribution in [2.45, 2.75) is 13.3 Å². The molecule has 104 valence electrons. The smallest absolute Gasteiger partial charge is 0.231 e. The molecule has 0 radical (unpaired) electrons. The van der Waals surface area contributed by atoms with Gasteiger partial charge in [0.05, 0.1) is 6.42 Å². The van der Waals surface area contributed by atoms with Gasteiger partial charge in [-0.3, -0.25) is 0 Å². The van der Waals surface area contributed by atoms with Crippen molar-refractivity contribution in [1.29, 1.82) is 0 Å². The minimum Gasteiger partial charge on any atom is -0.339 e. The molecule has 0 spiro atoms. The first-order valence-electron chi connectivity index (χ1n) is 6.91. The number of aryl methyl sites for hydroxylation is 1. The zero-order valence-corrected chi connectivity index (χ0v) is 11.9. The number of benzene rings is 2. The summed E-state index contributed by atoms with van der Waals surface area (Å²) in [6, 6.07) is 18.4. The number of nitrogens with zero attached hydrogens (tertiary/aromatic N) is 2. The molecule has 1 aromatic heterocycles. The Balaban J connectivity index is 1.69. The lowest BCUT2D eigenvalue weighted by molar-refractivity contribution is 0.383. The summed E-state index contributed by atoms with van der Waals surface area (Å²) in [4.78, 5) is 4.38. The Bertz CT molecular complexity index is 727. The number of hydrogen-bond acceptors (Lipinski definition) is 3. The van der Waals surface area contributed by atoms with Crippen LogP contribution in [0.3, 0.4) is 0 Å². The average Bonchev–Trinajstić information content (AvgIpc) is 2.96. The van der Waals surface area contributed by atoms with Gasteiger partial charge in [0.25, 0.3) is 0 Å². The maximum absolute atomic E-state index is 5.27. The van der Waals surface area contributed by atoms with Gasteiger partial charge < -0.3 is 4.52 Å². The number of aromatic nitrogens is 2. The molecule has 0 bridgehead atoms. The molecule has 0 unspecified atom stereocenters. The highest BCUT2D eigenvalue weighted by Crippen LogP contribution is 2.10.